The van der Waals surface area contributed by atoms with Crippen molar-refractivity contribution in [1.29, 1.82) is 0 Å². The van der Waals surface area contributed by atoms with Crippen LogP contribution in [0.1, 0.15) is 31.0 Å². The fraction of sp³-hybridized carbons (Fsp3) is 0.174. The normalized spacial score (nSPS) is 15.7. The van der Waals surface area contributed by atoms with Crippen LogP contribution in [-0.2, 0) is 9.53 Å². The van der Waals surface area contributed by atoms with Gasteiger partial charge in [0.1, 0.15) is 6.04 Å². The van der Waals surface area contributed by atoms with Crippen molar-refractivity contribution in [2.75, 3.05) is 6.61 Å². The van der Waals surface area contributed by atoms with Gasteiger partial charge in [0.15, 0.2) is 4.80 Å². The van der Waals surface area contributed by atoms with Crippen molar-refractivity contribution < 1.29 is 14.5 Å². The Bertz CT molecular complexity index is 1490. The smallest absolute Gasteiger partial charge is 0.338 e. The van der Waals surface area contributed by atoms with Crippen LogP contribution < -0.4 is 14.9 Å². The fourth-order valence-electron chi connectivity index (χ4n) is 3.66. The van der Waals surface area contributed by atoms with Crippen LogP contribution in [0.5, 0.6) is 0 Å². The van der Waals surface area contributed by atoms with Gasteiger partial charge in [0.2, 0.25) is 0 Å². The SMILES string of the molecule is CCOC(=O)C1=C(C)N=c2s/c(=C\c3cccc([N+](=O)[O-])c3)c(=O)n2[C@H]1c1ccccc1Cl. The lowest BCUT2D eigenvalue weighted by molar-refractivity contribution is -0.384. The molecule has 0 fully saturated rings. The Labute approximate surface area is 196 Å². The van der Waals surface area contributed by atoms with E-state index in [9.17, 15) is 19.7 Å². The molecule has 2 heterocycles. The summed E-state index contributed by atoms with van der Waals surface area (Å²) in [5, 5.41) is 11.5. The molecule has 33 heavy (non-hydrogen) atoms. The molecule has 0 saturated carbocycles. The number of fused-ring (bicyclic) bond motifs is 1. The number of rotatable bonds is 5. The monoisotopic (exact) mass is 483 g/mol. The Morgan fingerprint density at radius 3 is 2.76 bits per heavy atom. The highest BCUT2D eigenvalue weighted by molar-refractivity contribution is 7.07. The number of aromatic nitrogens is 1. The summed E-state index contributed by atoms with van der Waals surface area (Å²) >= 11 is 7.60. The van der Waals surface area contributed by atoms with Crippen LogP contribution in [0.3, 0.4) is 0 Å². The Kier molecular flexibility index (Phi) is 6.26. The number of nitro groups is 1. The number of esters is 1. The minimum atomic E-state index is -0.818. The lowest BCUT2D eigenvalue weighted by Crippen LogP contribution is -2.40. The van der Waals surface area contributed by atoms with Crippen molar-refractivity contribution >= 4 is 40.7 Å². The fourth-order valence-corrected chi connectivity index (χ4v) is 4.95. The van der Waals surface area contributed by atoms with Gasteiger partial charge in [0.05, 0.1) is 27.3 Å². The van der Waals surface area contributed by atoms with Gasteiger partial charge in [-0.2, -0.15) is 0 Å². The number of allylic oxidation sites excluding steroid dienone is 1. The summed E-state index contributed by atoms with van der Waals surface area (Å²) in [6, 6.07) is 12.2. The zero-order chi connectivity index (χ0) is 23.7. The van der Waals surface area contributed by atoms with Crippen molar-refractivity contribution in [3.05, 3.63) is 106 Å². The number of non-ortho nitro benzene ring substituents is 1. The van der Waals surface area contributed by atoms with Gasteiger partial charge in [0, 0.05) is 17.2 Å². The van der Waals surface area contributed by atoms with E-state index in [0.29, 0.717) is 31.2 Å². The van der Waals surface area contributed by atoms with E-state index in [1.165, 1.54) is 16.7 Å². The summed E-state index contributed by atoms with van der Waals surface area (Å²) < 4.78 is 7.00. The first-order chi connectivity index (χ1) is 15.8. The summed E-state index contributed by atoms with van der Waals surface area (Å²) in [5.41, 5.74) is 1.28. The minimum absolute atomic E-state index is 0.0779. The van der Waals surface area contributed by atoms with E-state index < -0.39 is 16.9 Å². The quantitative estimate of drug-likeness (QED) is 0.314. The number of nitro benzene ring substituents is 1. The Balaban J connectivity index is 1.96. The van der Waals surface area contributed by atoms with Crippen molar-refractivity contribution in [2.45, 2.75) is 19.9 Å². The molecule has 10 heteroatoms. The van der Waals surface area contributed by atoms with Crippen LogP contribution in [0, 0.1) is 10.1 Å². The Morgan fingerprint density at radius 2 is 2.06 bits per heavy atom. The van der Waals surface area contributed by atoms with E-state index in [2.05, 4.69) is 4.99 Å². The number of nitrogens with zero attached hydrogens (tertiary/aromatic N) is 3. The van der Waals surface area contributed by atoms with Crippen LogP contribution in [0.15, 0.2) is 69.6 Å². The highest BCUT2D eigenvalue weighted by atomic mass is 35.5. The molecule has 1 aliphatic rings. The van der Waals surface area contributed by atoms with Crippen LogP contribution in [0.2, 0.25) is 5.02 Å². The van der Waals surface area contributed by atoms with Crippen molar-refractivity contribution in [1.82, 2.24) is 4.57 Å². The van der Waals surface area contributed by atoms with Gasteiger partial charge in [0.25, 0.3) is 11.2 Å². The topological polar surface area (TPSA) is 104 Å². The first-order valence-corrected chi connectivity index (χ1v) is 11.2. The largest absolute Gasteiger partial charge is 0.463 e. The molecule has 0 radical (unpaired) electrons. The summed E-state index contributed by atoms with van der Waals surface area (Å²) in [5.74, 6) is -0.573. The van der Waals surface area contributed by atoms with E-state index in [0.717, 1.165) is 11.3 Å². The van der Waals surface area contributed by atoms with E-state index in [-0.39, 0.29) is 23.4 Å². The molecule has 0 bridgehead atoms. The molecule has 3 aromatic rings. The maximum absolute atomic E-state index is 13.5. The maximum Gasteiger partial charge on any atom is 0.338 e. The molecule has 0 unspecified atom stereocenters. The molecule has 1 aromatic heterocycles. The van der Waals surface area contributed by atoms with Crippen molar-refractivity contribution in [3.63, 3.8) is 0 Å². The standard InChI is InChI=1S/C23H18ClN3O5S/c1-3-32-22(29)19-13(2)25-23-26(20(19)16-9-4-5-10-17(16)24)21(28)18(33-23)12-14-7-6-8-15(11-14)27(30)31/h4-12,20H,3H2,1-2H3/b18-12-/t20-/m0/s1. The molecule has 168 valence electrons. The van der Waals surface area contributed by atoms with Crippen LogP contribution in [0.4, 0.5) is 5.69 Å². The molecule has 0 saturated heterocycles. The van der Waals surface area contributed by atoms with Crippen molar-refractivity contribution in [3.8, 4) is 0 Å². The zero-order valence-corrected chi connectivity index (χ0v) is 19.2. The number of hydrogen-bond acceptors (Lipinski definition) is 7. The summed E-state index contributed by atoms with van der Waals surface area (Å²) in [7, 11) is 0. The third kappa shape index (κ3) is 4.24. The van der Waals surface area contributed by atoms with Crippen LogP contribution in [-0.4, -0.2) is 22.1 Å². The van der Waals surface area contributed by atoms with E-state index >= 15 is 0 Å². The lowest BCUT2D eigenvalue weighted by Gasteiger charge is -2.25. The number of carbonyl (C=O) groups excluding carboxylic acids is 1. The maximum atomic E-state index is 13.5. The highest BCUT2D eigenvalue weighted by Crippen LogP contribution is 2.34. The number of carbonyl (C=O) groups is 1. The zero-order valence-electron chi connectivity index (χ0n) is 17.6. The van der Waals surface area contributed by atoms with E-state index in [1.807, 2.05) is 0 Å². The van der Waals surface area contributed by atoms with E-state index in [4.69, 9.17) is 16.3 Å². The third-order valence-electron chi connectivity index (χ3n) is 5.10. The molecular formula is C23H18ClN3O5S. The second kappa shape index (κ2) is 9.13. The first kappa shape index (κ1) is 22.6. The highest BCUT2D eigenvalue weighted by Gasteiger charge is 2.34. The Morgan fingerprint density at radius 1 is 1.30 bits per heavy atom. The van der Waals surface area contributed by atoms with E-state index in [1.54, 1.807) is 56.3 Å². The number of benzene rings is 2. The molecule has 0 N–H and O–H groups in total. The van der Waals surface area contributed by atoms with Gasteiger partial charge in [-0.3, -0.25) is 19.5 Å². The summed E-state index contributed by atoms with van der Waals surface area (Å²) in [6.45, 7) is 3.56. The molecule has 2 aromatic carbocycles. The second-order valence-electron chi connectivity index (χ2n) is 7.18. The molecule has 1 aliphatic heterocycles. The van der Waals surface area contributed by atoms with Gasteiger partial charge in [-0.15, -0.1) is 0 Å². The molecule has 8 nitrogen and oxygen atoms in total. The minimum Gasteiger partial charge on any atom is -0.463 e. The second-order valence-corrected chi connectivity index (χ2v) is 8.59. The molecule has 0 aliphatic carbocycles. The number of ether oxygens (including phenoxy) is 1. The predicted molar refractivity (Wildman–Crippen MR) is 125 cm³/mol. The molecule has 4 rings (SSSR count). The number of halogens is 1. The van der Waals surface area contributed by atoms with Crippen LogP contribution in [0.25, 0.3) is 6.08 Å². The Hall–Kier alpha value is -3.56. The lowest BCUT2D eigenvalue weighted by atomic mass is 9.96. The summed E-state index contributed by atoms with van der Waals surface area (Å²) in [6.07, 6.45) is 1.57. The van der Waals surface area contributed by atoms with Gasteiger partial charge in [-0.05, 0) is 37.1 Å². The molecule has 0 spiro atoms. The first-order valence-electron chi connectivity index (χ1n) is 10.0. The molecule has 0 amide bonds. The van der Waals surface area contributed by atoms with Crippen molar-refractivity contribution in [2.24, 2.45) is 4.99 Å². The average Bonchev–Trinajstić information content (AvgIpc) is 3.08. The van der Waals surface area contributed by atoms with Gasteiger partial charge in [-0.25, -0.2) is 9.79 Å². The molecule has 1 atom stereocenters. The number of thiazole rings is 1. The number of hydrogen-bond donors (Lipinski definition) is 0. The van der Waals surface area contributed by atoms with Gasteiger partial charge < -0.3 is 4.74 Å². The predicted octanol–water partition coefficient (Wildman–Crippen LogP) is 3.36. The molecular weight excluding hydrogens is 466 g/mol. The third-order valence-corrected chi connectivity index (χ3v) is 6.42. The van der Waals surface area contributed by atoms with Crippen LogP contribution >= 0.6 is 22.9 Å². The summed E-state index contributed by atoms with van der Waals surface area (Å²) in [4.78, 5) is 41.9. The van der Waals surface area contributed by atoms with Gasteiger partial charge >= 0.3 is 5.97 Å². The average molecular weight is 484 g/mol. The van der Waals surface area contributed by atoms with Gasteiger partial charge in [-0.1, -0.05) is 53.3 Å².